The molecule has 1 aromatic rings. The van der Waals surface area contributed by atoms with Crippen molar-refractivity contribution in [2.75, 3.05) is 19.6 Å². The first-order chi connectivity index (χ1) is 10.2. The average molecular weight is 291 g/mol. The van der Waals surface area contributed by atoms with Gasteiger partial charge in [0.1, 0.15) is 5.82 Å². The lowest BCUT2D eigenvalue weighted by atomic mass is 9.96. The molecule has 3 heteroatoms. The Bertz CT molecular complexity index is 460. The molecular weight excluding hydrogens is 265 g/mol. The number of Topliss-reactive ketones (excluding diaryl/α,β-unsaturated/α-hetero) is 1. The molecule has 0 saturated carbocycles. The minimum Gasteiger partial charge on any atom is -0.303 e. The molecule has 0 aliphatic carbocycles. The van der Waals surface area contributed by atoms with E-state index in [0.29, 0.717) is 6.42 Å². The molecule has 1 fully saturated rings. The fourth-order valence-electron chi connectivity index (χ4n) is 3.23. The van der Waals surface area contributed by atoms with Crippen molar-refractivity contribution < 1.29 is 9.18 Å². The van der Waals surface area contributed by atoms with Gasteiger partial charge in [-0.15, -0.1) is 0 Å². The summed E-state index contributed by atoms with van der Waals surface area (Å²) < 4.78 is 13.6. The molecule has 1 aromatic carbocycles. The van der Waals surface area contributed by atoms with E-state index in [-0.39, 0.29) is 11.3 Å². The predicted octanol–water partition coefficient (Wildman–Crippen LogP) is 4.30. The van der Waals surface area contributed by atoms with E-state index < -0.39 is 5.82 Å². The molecule has 2 rings (SSSR count). The summed E-state index contributed by atoms with van der Waals surface area (Å²) in [4.78, 5) is 14.5. The smallest absolute Gasteiger partial charge is 0.167 e. The number of nitrogens with zero attached hydrogens (tertiary/aromatic N) is 1. The maximum absolute atomic E-state index is 13.6. The molecule has 1 aliphatic heterocycles. The van der Waals surface area contributed by atoms with Crippen molar-refractivity contribution in [1.29, 1.82) is 0 Å². The van der Waals surface area contributed by atoms with Gasteiger partial charge in [-0.1, -0.05) is 31.9 Å². The first-order valence-electron chi connectivity index (χ1n) is 8.20. The highest BCUT2D eigenvalue weighted by Crippen LogP contribution is 2.22. The first kappa shape index (κ1) is 16.2. The van der Waals surface area contributed by atoms with Crippen molar-refractivity contribution in [3.8, 4) is 0 Å². The van der Waals surface area contributed by atoms with Gasteiger partial charge < -0.3 is 4.90 Å². The topological polar surface area (TPSA) is 20.3 Å². The van der Waals surface area contributed by atoms with E-state index in [2.05, 4.69) is 11.8 Å². The van der Waals surface area contributed by atoms with E-state index in [0.717, 1.165) is 25.6 Å². The molecule has 0 amide bonds. The van der Waals surface area contributed by atoms with Gasteiger partial charge in [-0.05, 0) is 50.4 Å². The van der Waals surface area contributed by atoms with Crippen molar-refractivity contribution in [3.05, 3.63) is 35.6 Å². The number of carbonyl (C=O) groups excluding carboxylic acids is 1. The van der Waals surface area contributed by atoms with E-state index in [1.54, 1.807) is 18.2 Å². The van der Waals surface area contributed by atoms with Crippen molar-refractivity contribution >= 4 is 5.78 Å². The van der Waals surface area contributed by atoms with Crippen LogP contribution in [-0.4, -0.2) is 30.3 Å². The van der Waals surface area contributed by atoms with Crippen LogP contribution in [0.1, 0.15) is 55.8 Å². The highest BCUT2D eigenvalue weighted by molar-refractivity contribution is 5.96. The molecule has 1 heterocycles. The summed E-state index contributed by atoms with van der Waals surface area (Å²) in [5.41, 5.74) is 0.233. The number of halogens is 1. The zero-order valence-corrected chi connectivity index (χ0v) is 13.0. The minimum absolute atomic E-state index is 0.0811. The summed E-state index contributed by atoms with van der Waals surface area (Å²) in [5.74, 6) is 0.367. The van der Waals surface area contributed by atoms with E-state index in [1.165, 1.54) is 38.2 Å². The molecule has 116 valence electrons. The van der Waals surface area contributed by atoms with E-state index in [1.807, 2.05) is 0 Å². The van der Waals surface area contributed by atoms with Crippen LogP contribution >= 0.6 is 0 Å². The van der Waals surface area contributed by atoms with Crippen LogP contribution < -0.4 is 0 Å². The van der Waals surface area contributed by atoms with Gasteiger partial charge in [0, 0.05) is 13.0 Å². The predicted molar refractivity (Wildman–Crippen MR) is 84.0 cm³/mol. The summed E-state index contributed by atoms with van der Waals surface area (Å²) in [7, 11) is 0. The average Bonchev–Trinajstić information content (AvgIpc) is 2.71. The minimum atomic E-state index is -0.402. The highest BCUT2D eigenvalue weighted by Gasteiger charge is 2.18. The van der Waals surface area contributed by atoms with Crippen LogP contribution in [0.15, 0.2) is 24.3 Å². The number of ketones is 1. The second kappa shape index (κ2) is 8.28. The molecule has 0 aromatic heterocycles. The second-order valence-electron chi connectivity index (χ2n) is 6.08. The summed E-state index contributed by atoms with van der Waals surface area (Å²) in [5, 5.41) is 0. The summed E-state index contributed by atoms with van der Waals surface area (Å²) >= 11 is 0. The van der Waals surface area contributed by atoms with Gasteiger partial charge in [0.05, 0.1) is 5.56 Å². The van der Waals surface area contributed by atoms with Crippen molar-refractivity contribution in [2.45, 2.75) is 45.4 Å². The van der Waals surface area contributed by atoms with Crippen LogP contribution in [0.25, 0.3) is 0 Å². The molecule has 0 radical (unpaired) electrons. The number of hydrogen-bond donors (Lipinski definition) is 0. The number of benzene rings is 1. The Kier molecular flexibility index (Phi) is 6.37. The Morgan fingerprint density at radius 1 is 1.29 bits per heavy atom. The van der Waals surface area contributed by atoms with E-state index >= 15 is 0 Å². The third-order valence-corrected chi connectivity index (χ3v) is 4.47. The highest BCUT2D eigenvalue weighted by atomic mass is 19.1. The SMILES string of the molecule is CCCC1CCCN(CCC(=O)c2ccccc2F)CC1. The van der Waals surface area contributed by atoms with Gasteiger partial charge in [-0.3, -0.25) is 4.79 Å². The fourth-order valence-corrected chi connectivity index (χ4v) is 3.23. The lowest BCUT2D eigenvalue weighted by Gasteiger charge is -2.19. The van der Waals surface area contributed by atoms with Crippen molar-refractivity contribution in [3.63, 3.8) is 0 Å². The summed E-state index contributed by atoms with van der Waals surface area (Å²) in [6.07, 6.45) is 6.77. The third kappa shape index (κ3) is 4.92. The maximum atomic E-state index is 13.6. The molecule has 0 N–H and O–H groups in total. The molecule has 2 nitrogen and oxygen atoms in total. The summed E-state index contributed by atoms with van der Waals surface area (Å²) in [6, 6.07) is 6.28. The molecular formula is C18H26FNO. The molecule has 0 spiro atoms. The molecule has 1 aliphatic rings. The van der Waals surface area contributed by atoms with Gasteiger partial charge >= 0.3 is 0 Å². The number of hydrogen-bond acceptors (Lipinski definition) is 2. The first-order valence-corrected chi connectivity index (χ1v) is 8.20. The van der Waals surface area contributed by atoms with E-state index in [9.17, 15) is 9.18 Å². The Morgan fingerprint density at radius 2 is 2.10 bits per heavy atom. The Labute approximate surface area is 127 Å². The molecule has 21 heavy (non-hydrogen) atoms. The zero-order valence-electron chi connectivity index (χ0n) is 13.0. The quantitative estimate of drug-likeness (QED) is 0.728. The van der Waals surface area contributed by atoms with Crippen LogP contribution in [-0.2, 0) is 0 Å². The normalized spacial score (nSPS) is 20.2. The van der Waals surface area contributed by atoms with Crippen molar-refractivity contribution in [2.24, 2.45) is 5.92 Å². The second-order valence-corrected chi connectivity index (χ2v) is 6.08. The monoisotopic (exact) mass is 291 g/mol. The third-order valence-electron chi connectivity index (χ3n) is 4.47. The molecule has 1 unspecified atom stereocenters. The van der Waals surface area contributed by atoms with Gasteiger partial charge in [0.15, 0.2) is 5.78 Å². The lowest BCUT2D eigenvalue weighted by Crippen LogP contribution is -2.27. The van der Waals surface area contributed by atoms with Gasteiger partial charge in [-0.25, -0.2) is 4.39 Å². The van der Waals surface area contributed by atoms with Gasteiger partial charge in [-0.2, -0.15) is 0 Å². The zero-order chi connectivity index (χ0) is 15.1. The number of likely N-dealkylation sites (tertiary alicyclic amines) is 1. The lowest BCUT2D eigenvalue weighted by molar-refractivity contribution is 0.0960. The van der Waals surface area contributed by atoms with Crippen LogP contribution in [0.4, 0.5) is 4.39 Å². The van der Waals surface area contributed by atoms with Crippen LogP contribution in [0.5, 0.6) is 0 Å². The largest absolute Gasteiger partial charge is 0.303 e. The van der Waals surface area contributed by atoms with Gasteiger partial charge in [0.25, 0.3) is 0 Å². The maximum Gasteiger partial charge on any atom is 0.167 e. The Hall–Kier alpha value is -1.22. The molecule has 1 saturated heterocycles. The Balaban J connectivity index is 1.80. The number of rotatable bonds is 6. The van der Waals surface area contributed by atoms with Crippen molar-refractivity contribution in [1.82, 2.24) is 4.90 Å². The van der Waals surface area contributed by atoms with Crippen LogP contribution in [0.2, 0.25) is 0 Å². The summed E-state index contributed by atoms with van der Waals surface area (Å²) in [6.45, 7) is 5.15. The Morgan fingerprint density at radius 3 is 2.86 bits per heavy atom. The van der Waals surface area contributed by atoms with Crippen LogP contribution in [0.3, 0.4) is 0 Å². The number of carbonyl (C=O) groups is 1. The van der Waals surface area contributed by atoms with Crippen LogP contribution in [0, 0.1) is 11.7 Å². The fraction of sp³-hybridized carbons (Fsp3) is 0.611. The molecule has 0 bridgehead atoms. The van der Waals surface area contributed by atoms with Gasteiger partial charge in [0.2, 0.25) is 0 Å². The molecule has 1 atom stereocenters. The van der Waals surface area contributed by atoms with E-state index in [4.69, 9.17) is 0 Å². The standard InChI is InChI=1S/C18H26FNO/c1-2-6-15-7-5-12-20(13-10-15)14-11-18(21)16-8-3-4-9-17(16)19/h3-4,8-9,15H,2,5-7,10-14H2,1H3.